The molecule has 1 heterocycles. The monoisotopic (exact) mass is 264 g/mol. The van der Waals surface area contributed by atoms with E-state index in [1.54, 1.807) is 13.0 Å². The van der Waals surface area contributed by atoms with Gasteiger partial charge in [0.25, 0.3) is 0 Å². The highest BCUT2D eigenvalue weighted by atomic mass is 35.5. The lowest BCUT2D eigenvalue weighted by atomic mass is 10.1. The van der Waals surface area contributed by atoms with Crippen LogP contribution in [0.4, 0.5) is 4.39 Å². The highest BCUT2D eigenvalue weighted by Crippen LogP contribution is 2.27. The zero-order valence-electron chi connectivity index (χ0n) is 10.6. The fraction of sp³-hybridized carbons (Fsp3) is 0.286. The third-order valence-electron chi connectivity index (χ3n) is 2.89. The number of aryl methyl sites for hydroxylation is 2. The van der Waals surface area contributed by atoms with E-state index in [1.807, 2.05) is 19.9 Å². The molecule has 2 rings (SSSR count). The Morgan fingerprint density at radius 3 is 2.56 bits per heavy atom. The average Bonchev–Trinajstić information content (AvgIpc) is 2.36. The molecular formula is C14H14ClFN2. The Kier molecular flexibility index (Phi) is 3.62. The van der Waals surface area contributed by atoms with Crippen LogP contribution in [0.2, 0.25) is 5.15 Å². The summed E-state index contributed by atoms with van der Waals surface area (Å²) in [6.07, 6.45) is 0.696. The summed E-state index contributed by atoms with van der Waals surface area (Å²) in [5, 5.41) is 0.429. The van der Waals surface area contributed by atoms with Gasteiger partial charge in [0.1, 0.15) is 16.8 Å². The lowest BCUT2D eigenvalue weighted by Gasteiger charge is -2.09. The zero-order chi connectivity index (χ0) is 13.3. The summed E-state index contributed by atoms with van der Waals surface area (Å²) in [4.78, 5) is 8.61. The summed E-state index contributed by atoms with van der Waals surface area (Å²) < 4.78 is 13.6. The van der Waals surface area contributed by atoms with Crippen LogP contribution in [0, 0.1) is 19.7 Å². The predicted molar refractivity (Wildman–Crippen MR) is 71.3 cm³/mol. The highest BCUT2D eigenvalue weighted by molar-refractivity contribution is 6.30. The minimum atomic E-state index is -0.236. The molecule has 0 saturated heterocycles. The standard InChI is InChI=1S/C14H14ClFN2/c1-4-12-17-13(9(3)14(15)18-12)10-6-5-8(2)11(16)7-10/h5-7H,4H2,1-3H3. The fourth-order valence-corrected chi connectivity index (χ4v) is 1.90. The van der Waals surface area contributed by atoms with Crippen molar-refractivity contribution in [2.75, 3.05) is 0 Å². The molecule has 0 saturated carbocycles. The third-order valence-corrected chi connectivity index (χ3v) is 3.26. The van der Waals surface area contributed by atoms with Crippen molar-refractivity contribution in [1.29, 1.82) is 0 Å². The number of hydrogen-bond donors (Lipinski definition) is 0. The van der Waals surface area contributed by atoms with Gasteiger partial charge in [-0.05, 0) is 25.5 Å². The SMILES string of the molecule is CCc1nc(Cl)c(C)c(-c2ccc(C)c(F)c2)n1. The molecule has 94 valence electrons. The fourth-order valence-electron chi connectivity index (χ4n) is 1.71. The van der Waals surface area contributed by atoms with Gasteiger partial charge in [0.15, 0.2) is 0 Å². The predicted octanol–water partition coefficient (Wildman–Crippen LogP) is 4.12. The van der Waals surface area contributed by atoms with Gasteiger partial charge in [0, 0.05) is 17.5 Å². The lowest BCUT2D eigenvalue weighted by molar-refractivity contribution is 0.619. The van der Waals surface area contributed by atoms with Crippen LogP contribution in [0.5, 0.6) is 0 Å². The molecule has 0 aliphatic rings. The van der Waals surface area contributed by atoms with Gasteiger partial charge in [0.2, 0.25) is 0 Å². The van der Waals surface area contributed by atoms with E-state index >= 15 is 0 Å². The van der Waals surface area contributed by atoms with Crippen molar-refractivity contribution in [3.05, 3.63) is 46.1 Å². The summed E-state index contributed by atoms with van der Waals surface area (Å²) in [5.41, 5.74) is 2.82. The van der Waals surface area contributed by atoms with E-state index in [4.69, 9.17) is 11.6 Å². The van der Waals surface area contributed by atoms with Crippen LogP contribution < -0.4 is 0 Å². The van der Waals surface area contributed by atoms with E-state index in [0.717, 1.165) is 11.1 Å². The zero-order valence-corrected chi connectivity index (χ0v) is 11.3. The van der Waals surface area contributed by atoms with Crippen LogP contribution in [0.1, 0.15) is 23.9 Å². The molecule has 0 atom stereocenters. The summed E-state index contributed by atoms with van der Waals surface area (Å²) in [6, 6.07) is 5.08. The summed E-state index contributed by atoms with van der Waals surface area (Å²) in [5.74, 6) is 0.432. The second kappa shape index (κ2) is 5.02. The average molecular weight is 265 g/mol. The van der Waals surface area contributed by atoms with E-state index in [0.29, 0.717) is 28.7 Å². The van der Waals surface area contributed by atoms with Crippen LogP contribution in [-0.2, 0) is 6.42 Å². The first-order chi connectivity index (χ1) is 8.52. The molecule has 1 aromatic carbocycles. The molecule has 0 fully saturated rings. The second-order valence-corrected chi connectivity index (χ2v) is 4.58. The normalized spacial score (nSPS) is 10.7. The Bertz CT molecular complexity index is 597. The molecule has 0 aliphatic carbocycles. The molecule has 0 unspecified atom stereocenters. The highest BCUT2D eigenvalue weighted by Gasteiger charge is 2.11. The van der Waals surface area contributed by atoms with Crippen LogP contribution in [-0.4, -0.2) is 9.97 Å². The number of benzene rings is 1. The molecule has 1 aromatic heterocycles. The van der Waals surface area contributed by atoms with Gasteiger partial charge in [-0.3, -0.25) is 0 Å². The Morgan fingerprint density at radius 1 is 1.22 bits per heavy atom. The van der Waals surface area contributed by atoms with Crippen molar-refractivity contribution in [3.63, 3.8) is 0 Å². The number of rotatable bonds is 2. The first kappa shape index (κ1) is 13.0. The molecule has 2 nitrogen and oxygen atoms in total. The van der Waals surface area contributed by atoms with Crippen molar-refractivity contribution in [1.82, 2.24) is 9.97 Å². The molecule has 0 radical (unpaired) electrons. The minimum absolute atomic E-state index is 0.236. The van der Waals surface area contributed by atoms with Crippen molar-refractivity contribution in [2.45, 2.75) is 27.2 Å². The van der Waals surface area contributed by atoms with Gasteiger partial charge in [-0.25, -0.2) is 14.4 Å². The maximum absolute atomic E-state index is 13.6. The smallest absolute Gasteiger partial charge is 0.136 e. The van der Waals surface area contributed by atoms with Crippen LogP contribution in [0.3, 0.4) is 0 Å². The number of hydrogen-bond acceptors (Lipinski definition) is 2. The van der Waals surface area contributed by atoms with Crippen LogP contribution in [0.25, 0.3) is 11.3 Å². The largest absolute Gasteiger partial charge is 0.233 e. The minimum Gasteiger partial charge on any atom is -0.233 e. The number of halogens is 2. The summed E-state index contributed by atoms with van der Waals surface area (Å²) in [6.45, 7) is 5.53. The Morgan fingerprint density at radius 2 is 1.94 bits per heavy atom. The van der Waals surface area contributed by atoms with Crippen molar-refractivity contribution < 1.29 is 4.39 Å². The van der Waals surface area contributed by atoms with Gasteiger partial charge in [-0.15, -0.1) is 0 Å². The van der Waals surface area contributed by atoms with E-state index in [1.165, 1.54) is 6.07 Å². The first-order valence-corrected chi connectivity index (χ1v) is 6.20. The maximum Gasteiger partial charge on any atom is 0.136 e. The lowest BCUT2D eigenvalue weighted by Crippen LogP contribution is -2.00. The van der Waals surface area contributed by atoms with Crippen molar-refractivity contribution >= 4 is 11.6 Å². The van der Waals surface area contributed by atoms with Crippen LogP contribution >= 0.6 is 11.6 Å². The molecule has 0 spiro atoms. The molecule has 2 aromatic rings. The van der Waals surface area contributed by atoms with Crippen LogP contribution in [0.15, 0.2) is 18.2 Å². The topological polar surface area (TPSA) is 25.8 Å². The van der Waals surface area contributed by atoms with Crippen molar-refractivity contribution in [3.8, 4) is 11.3 Å². The van der Waals surface area contributed by atoms with Gasteiger partial charge in [-0.2, -0.15) is 0 Å². The van der Waals surface area contributed by atoms with Gasteiger partial charge < -0.3 is 0 Å². The van der Waals surface area contributed by atoms with Gasteiger partial charge in [-0.1, -0.05) is 30.7 Å². The molecular weight excluding hydrogens is 251 g/mol. The van der Waals surface area contributed by atoms with E-state index in [9.17, 15) is 4.39 Å². The Labute approximate surface area is 111 Å². The molecule has 18 heavy (non-hydrogen) atoms. The second-order valence-electron chi connectivity index (χ2n) is 4.22. The molecule has 4 heteroatoms. The molecule has 0 N–H and O–H groups in total. The molecule has 0 amide bonds. The van der Waals surface area contributed by atoms with E-state index in [-0.39, 0.29) is 5.82 Å². The third kappa shape index (κ3) is 2.36. The van der Waals surface area contributed by atoms with Gasteiger partial charge >= 0.3 is 0 Å². The summed E-state index contributed by atoms with van der Waals surface area (Å²) >= 11 is 6.07. The van der Waals surface area contributed by atoms with E-state index < -0.39 is 0 Å². The van der Waals surface area contributed by atoms with Gasteiger partial charge in [0.05, 0.1) is 5.69 Å². The molecule has 0 aliphatic heterocycles. The van der Waals surface area contributed by atoms with E-state index in [2.05, 4.69) is 9.97 Å². The number of nitrogens with zero attached hydrogens (tertiary/aromatic N) is 2. The Balaban J connectivity index is 2.62. The maximum atomic E-state index is 13.6. The number of aromatic nitrogens is 2. The van der Waals surface area contributed by atoms with Crippen molar-refractivity contribution in [2.24, 2.45) is 0 Å². The molecule has 0 bridgehead atoms. The quantitative estimate of drug-likeness (QED) is 0.763. The summed E-state index contributed by atoms with van der Waals surface area (Å²) in [7, 11) is 0. The Hall–Kier alpha value is -1.48. The first-order valence-electron chi connectivity index (χ1n) is 5.82.